The molecule has 0 atom stereocenters. The second-order valence-electron chi connectivity index (χ2n) is 6.36. The lowest BCUT2D eigenvalue weighted by atomic mass is 10.2. The molecule has 4 rings (SSSR count). The number of aromatic hydroxyl groups is 1. The van der Waals surface area contributed by atoms with Crippen molar-refractivity contribution >= 4 is 47.0 Å². The summed E-state index contributed by atoms with van der Waals surface area (Å²) < 4.78 is 14.5. The van der Waals surface area contributed by atoms with Crippen molar-refractivity contribution in [3.05, 3.63) is 82.4 Å². The van der Waals surface area contributed by atoms with Gasteiger partial charge in [-0.2, -0.15) is 20.1 Å². The zero-order chi connectivity index (χ0) is 22.5. The highest BCUT2D eigenvalue weighted by molar-refractivity contribution is 6.33. The molecule has 0 unspecified atom stereocenters. The molecule has 11 heteroatoms. The van der Waals surface area contributed by atoms with Gasteiger partial charge in [0.15, 0.2) is 5.82 Å². The van der Waals surface area contributed by atoms with Crippen molar-refractivity contribution in [2.45, 2.75) is 0 Å². The third-order valence-electron chi connectivity index (χ3n) is 4.08. The Kier molecular flexibility index (Phi) is 6.39. The fourth-order valence-electron chi connectivity index (χ4n) is 2.61. The second-order valence-corrected chi connectivity index (χ2v) is 7.15. The van der Waals surface area contributed by atoms with E-state index in [1.165, 1.54) is 42.7 Å². The predicted molar refractivity (Wildman–Crippen MR) is 122 cm³/mol. The molecule has 32 heavy (non-hydrogen) atoms. The first-order chi connectivity index (χ1) is 15.5. The van der Waals surface area contributed by atoms with E-state index in [0.29, 0.717) is 10.8 Å². The minimum Gasteiger partial charge on any atom is -0.508 e. The number of hydrazone groups is 1. The molecule has 0 aliphatic heterocycles. The van der Waals surface area contributed by atoms with Gasteiger partial charge in [0, 0.05) is 0 Å². The summed E-state index contributed by atoms with van der Waals surface area (Å²) in [7, 11) is 0. The van der Waals surface area contributed by atoms with Crippen LogP contribution in [-0.4, -0.2) is 31.3 Å². The summed E-state index contributed by atoms with van der Waals surface area (Å²) >= 11 is 12.0. The number of phenolic OH excluding ortho intramolecular Hbond substituents is 1. The van der Waals surface area contributed by atoms with Crippen LogP contribution in [-0.2, 0) is 0 Å². The van der Waals surface area contributed by atoms with Gasteiger partial charge in [0.2, 0.25) is 11.9 Å². The van der Waals surface area contributed by atoms with Gasteiger partial charge in [-0.3, -0.25) is 0 Å². The minimum absolute atomic E-state index is 0.00913. The van der Waals surface area contributed by atoms with E-state index in [-0.39, 0.29) is 34.1 Å². The highest BCUT2D eigenvalue weighted by Gasteiger charge is 2.16. The average Bonchev–Trinajstić information content (AvgIpc) is 2.77. The van der Waals surface area contributed by atoms with Gasteiger partial charge in [0.1, 0.15) is 16.7 Å². The SMILES string of the molecule is Oc1ccc(C=NNc2nc(Nc3ccc(Cl)nc3)nc(-c3c(F)cccc3Cl)n2)cc1. The number of nitrogens with zero attached hydrogens (tertiary/aromatic N) is 5. The molecular formula is C21H14Cl2FN7O. The Labute approximate surface area is 191 Å². The summed E-state index contributed by atoms with van der Waals surface area (Å²) in [6.45, 7) is 0. The van der Waals surface area contributed by atoms with E-state index >= 15 is 0 Å². The lowest BCUT2D eigenvalue weighted by molar-refractivity contribution is 0.475. The molecule has 0 fully saturated rings. The third kappa shape index (κ3) is 5.26. The Hall–Kier alpha value is -3.82. The van der Waals surface area contributed by atoms with Gasteiger partial charge in [0.05, 0.1) is 28.7 Å². The fraction of sp³-hybridized carbons (Fsp3) is 0. The van der Waals surface area contributed by atoms with Gasteiger partial charge in [-0.1, -0.05) is 29.3 Å². The Bertz CT molecular complexity index is 1250. The molecule has 4 aromatic rings. The normalized spacial score (nSPS) is 11.0. The molecular weight excluding hydrogens is 456 g/mol. The molecule has 3 N–H and O–H groups in total. The van der Waals surface area contributed by atoms with Crippen molar-refractivity contribution in [1.29, 1.82) is 0 Å². The summed E-state index contributed by atoms with van der Waals surface area (Å²) in [5.74, 6) is -0.267. The zero-order valence-corrected chi connectivity index (χ0v) is 17.7. The molecule has 0 radical (unpaired) electrons. The van der Waals surface area contributed by atoms with Gasteiger partial charge in [-0.15, -0.1) is 0 Å². The number of phenols is 1. The lowest BCUT2D eigenvalue weighted by Gasteiger charge is -2.10. The molecule has 160 valence electrons. The van der Waals surface area contributed by atoms with Crippen LogP contribution in [0.1, 0.15) is 5.56 Å². The number of nitrogens with one attached hydrogen (secondary N) is 2. The minimum atomic E-state index is -0.582. The summed E-state index contributed by atoms with van der Waals surface area (Å²) in [4.78, 5) is 16.8. The fourth-order valence-corrected chi connectivity index (χ4v) is 2.97. The third-order valence-corrected chi connectivity index (χ3v) is 4.62. The smallest absolute Gasteiger partial charge is 0.248 e. The van der Waals surface area contributed by atoms with Gasteiger partial charge < -0.3 is 10.4 Å². The van der Waals surface area contributed by atoms with E-state index in [1.807, 2.05) is 0 Å². The summed E-state index contributed by atoms with van der Waals surface area (Å²) in [6, 6.07) is 14.0. The van der Waals surface area contributed by atoms with Crippen LogP contribution in [0.2, 0.25) is 10.2 Å². The van der Waals surface area contributed by atoms with Crippen molar-refractivity contribution in [3.63, 3.8) is 0 Å². The first-order valence-electron chi connectivity index (χ1n) is 9.15. The van der Waals surface area contributed by atoms with Crippen LogP contribution in [0.15, 0.2) is 65.9 Å². The second kappa shape index (κ2) is 9.54. The first kappa shape index (κ1) is 21.4. The van der Waals surface area contributed by atoms with Gasteiger partial charge >= 0.3 is 0 Å². The molecule has 0 saturated carbocycles. The number of hydrogen-bond acceptors (Lipinski definition) is 8. The maximum absolute atomic E-state index is 14.5. The number of pyridine rings is 1. The average molecular weight is 470 g/mol. The number of hydrogen-bond donors (Lipinski definition) is 3. The zero-order valence-electron chi connectivity index (χ0n) is 16.2. The molecule has 0 aliphatic rings. The van der Waals surface area contributed by atoms with Crippen LogP contribution < -0.4 is 10.7 Å². The molecule has 0 saturated heterocycles. The molecule has 8 nitrogen and oxygen atoms in total. The molecule has 2 heterocycles. The highest BCUT2D eigenvalue weighted by Crippen LogP contribution is 2.29. The molecule has 2 aromatic heterocycles. The van der Waals surface area contributed by atoms with E-state index in [4.69, 9.17) is 23.2 Å². The maximum atomic E-state index is 14.5. The Balaban J connectivity index is 1.68. The van der Waals surface area contributed by atoms with E-state index < -0.39 is 5.82 Å². The van der Waals surface area contributed by atoms with E-state index in [0.717, 1.165) is 5.56 Å². The summed E-state index contributed by atoms with van der Waals surface area (Å²) in [5, 5.41) is 16.9. The predicted octanol–water partition coefficient (Wildman–Crippen LogP) is 5.27. The van der Waals surface area contributed by atoms with Crippen molar-refractivity contribution in [2.75, 3.05) is 10.7 Å². The standard InChI is InChI=1S/C21H14Cl2FN7O/c22-15-2-1-3-16(24)18(15)19-28-20(27-13-6-9-17(23)25-11-13)30-21(29-19)31-26-10-12-4-7-14(32)8-5-12/h1-11,32H,(H2,27,28,29,30,31). The topological polar surface area (TPSA) is 108 Å². The van der Waals surface area contributed by atoms with E-state index in [9.17, 15) is 9.50 Å². The van der Waals surface area contributed by atoms with Crippen LogP contribution in [0.3, 0.4) is 0 Å². The van der Waals surface area contributed by atoms with Crippen LogP contribution in [0, 0.1) is 5.82 Å². The van der Waals surface area contributed by atoms with Crippen molar-refractivity contribution in [3.8, 4) is 17.1 Å². The Morgan fingerprint density at radius 1 is 0.938 bits per heavy atom. The van der Waals surface area contributed by atoms with E-state index in [1.54, 1.807) is 24.3 Å². The number of rotatable bonds is 6. The molecule has 2 aromatic carbocycles. The molecule has 0 bridgehead atoms. The lowest BCUT2D eigenvalue weighted by Crippen LogP contribution is -2.06. The van der Waals surface area contributed by atoms with Crippen molar-refractivity contribution < 1.29 is 9.50 Å². The van der Waals surface area contributed by atoms with Gasteiger partial charge in [-0.25, -0.2) is 14.8 Å². The van der Waals surface area contributed by atoms with Crippen molar-refractivity contribution in [2.24, 2.45) is 5.10 Å². The van der Waals surface area contributed by atoms with Crippen LogP contribution in [0.4, 0.5) is 22.0 Å². The van der Waals surface area contributed by atoms with Crippen molar-refractivity contribution in [1.82, 2.24) is 19.9 Å². The highest BCUT2D eigenvalue weighted by atomic mass is 35.5. The molecule has 0 aliphatic carbocycles. The number of aromatic nitrogens is 4. The quantitative estimate of drug-likeness (QED) is 0.200. The summed E-state index contributed by atoms with van der Waals surface area (Å²) in [6.07, 6.45) is 3.01. The number of benzene rings is 2. The maximum Gasteiger partial charge on any atom is 0.248 e. The van der Waals surface area contributed by atoms with Crippen LogP contribution >= 0.6 is 23.2 Å². The Morgan fingerprint density at radius 2 is 1.72 bits per heavy atom. The number of anilines is 3. The number of halogens is 3. The largest absolute Gasteiger partial charge is 0.508 e. The molecule has 0 amide bonds. The Morgan fingerprint density at radius 3 is 2.44 bits per heavy atom. The monoisotopic (exact) mass is 469 g/mol. The first-order valence-corrected chi connectivity index (χ1v) is 9.91. The molecule has 0 spiro atoms. The van der Waals surface area contributed by atoms with E-state index in [2.05, 4.69) is 35.8 Å². The van der Waals surface area contributed by atoms with Crippen LogP contribution in [0.5, 0.6) is 5.75 Å². The van der Waals surface area contributed by atoms with Gasteiger partial charge in [-0.05, 0) is 54.1 Å². The van der Waals surface area contributed by atoms with Gasteiger partial charge in [0.25, 0.3) is 0 Å². The summed E-state index contributed by atoms with van der Waals surface area (Å²) in [5.41, 5.74) is 4.01. The van der Waals surface area contributed by atoms with Crippen LogP contribution in [0.25, 0.3) is 11.4 Å².